The van der Waals surface area contributed by atoms with Crippen molar-refractivity contribution in [2.75, 3.05) is 5.73 Å². The van der Waals surface area contributed by atoms with Crippen LogP contribution in [0.2, 0.25) is 0 Å². The van der Waals surface area contributed by atoms with Crippen molar-refractivity contribution in [2.24, 2.45) is 0 Å². The summed E-state index contributed by atoms with van der Waals surface area (Å²) in [6.45, 7) is -0.874. The average molecular weight is 294 g/mol. The first kappa shape index (κ1) is 6.51. The molecular formula is C15H15N3O3. The second-order valence-electron chi connectivity index (χ2n) is 4.30. The lowest BCUT2D eigenvalue weighted by molar-refractivity contribution is -0.132. The zero-order valence-electron chi connectivity index (χ0n) is 19.6. The number of rotatable bonds is 1. The van der Waals surface area contributed by atoms with E-state index in [9.17, 15) is 14.4 Å². The van der Waals surface area contributed by atoms with E-state index in [1.165, 1.54) is 0 Å². The Kier molecular flexibility index (Phi) is 1.49. The van der Waals surface area contributed by atoms with E-state index in [-0.39, 0.29) is 4.57 Å². The molecule has 0 bridgehead atoms. The van der Waals surface area contributed by atoms with Crippen LogP contribution in [0, 0.1) is 6.90 Å². The summed E-state index contributed by atoms with van der Waals surface area (Å²) in [6, 6.07) is -5.31. The summed E-state index contributed by atoms with van der Waals surface area (Å²) in [4.78, 5) is 41.7. The van der Waals surface area contributed by atoms with Crippen molar-refractivity contribution in [1.29, 1.82) is 0 Å². The molecule has 3 rings (SSSR count). The number of anilines is 1. The van der Waals surface area contributed by atoms with E-state index in [2.05, 4.69) is 4.98 Å². The van der Waals surface area contributed by atoms with E-state index in [1.54, 1.807) is 0 Å². The van der Waals surface area contributed by atoms with Gasteiger partial charge in [0.1, 0.15) is 11.6 Å². The number of carbonyl (C=O) groups is 2. The lowest BCUT2D eigenvalue weighted by Crippen LogP contribution is -2.36. The number of aryl methyl sites for hydroxylation is 1. The molecule has 1 saturated carbocycles. The molecule has 1 atom stereocenters. The number of fused-ring (bicyclic) bond motifs is 1. The van der Waals surface area contributed by atoms with Crippen LogP contribution >= 0.6 is 0 Å². The molecule has 1 aromatic carbocycles. The number of nitrogens with zero attached hydrogens (tertiary/aromatic N) is 2. The maximum atomic E-state index is 13.3. The maximum absolute atomic E-state index is 13.3. The SMILES string of the molecule is [2H]Cc1nc2c([2H])c([2H])c([2H])c(N)c2c(=O)n1C1([2H])C(=O)CC(=O)C([2H])([2H])C1([2H])[2H]. The number of nitrogen functional groups attached to an aromatic ring is 1. The van der Waals surface area contributed by atoms with Gasteiger partial charge in [0.15, 0.2) is 5.78 Å². The summed E-state index contributed by atoms with van der Waals surface area (Å²) >= 11 is 0. The third-order valence-corrected chi connectivity index (χ3v) is 2.93. The smallest absolute Gasteiger partial charge is 0.264 e. The normalized spacial score (nSPS) is 33.6. The van der Waals surface area contributed by atoms with Crippen LogP contribution < -0.4 is 11.3 Å². The van der Waals surface area contributed by atoms with Crippen molar-refractivity contribution < 1.29 is 21.9 Å². The standard InChI is InChI=1S/C15H15N3O3/c1-8-17-11-4-2-3-10(16)14(11)15(21)18(8)12-6-5-9(19)7-13(12)20/h2-4,12H,5-7,16H2,1H3/i1D,2D,3D,4D,5D2,6D2,12D. The molecule has 1 aromatic heterocycles. The molecule has 6 nitrogen and oxygen atoms in total. The van der Waals surface area contributed by atoms with Crippen molar-refractivity contribution in [1.82, 2.24) is 9.55 Å². The zero-order valence-corrected chi connectivity index (χ0v) is 10.6. The quantitative estimate of drug-likeness (QED) is 0.629. The molecule has 2 N–H and O–H groups in total. The van der Waals surface area contributed by atoms with Crippen molar-refractivity contribution in [2.45, 2.75) is 32.1 Å². The second-order valence-corrected chi connectivity index (χ2v) is 4.30. The van der Waals surface area contributed by atoms with Crippen LogP contribution in [0.1, 0.15) is 43.3 Å². The molecule has 1 aliphatic carbocycles. The van der Waals surface area contributed by atoms with Crippen molar-refractivity contribution in [3.05, 3.63) is 34.3 Å². The highest BCUT2D eigenvalue weighted by Crippen LogP contribution is 2.24. The number of ketones is 2. The molecule has 6 heteroatoms. The van der Waals surface area contributed by atoms with Gasteiger partial charge in [-0.2, -0.15) is 0 Å². The summed E-state index contributed by atoms with van der Waals surface area (Å²) in [5.41, 5.74) is 3.33. The molecule has 21 heavy (non-hydrogen) atoms. The Morgan fingerprint density at radius 3 is 3.10 bits per heavy atom. The van der Waals surface area contributed by atoms with Gasteiger partial charge in [-0.1, -0.05) is 6.04 Å². The third kappa shape index (κ3) is 2.12. The monoisotopic (exact) mass is 294 g/mol. The number of Topliss-reactive ketones (excluding diaryl/α,β-unsaturated/α-hetero) is 2. The largest absolute Gasteiger partial charge is 0.398 e. The van der Waals surface area contributed by atoms with Gasteiger partial charge in [-0.15, -0.1) is 0 Å². The fourth-order valence-electron chi connectivity index (χ4n) is 2.00. The number of benzene rings is 1. The van der Waals surface area contributed by atoms with E-state index in [1.807, 2.05) is 0 Å². The average Bonchev–Trinajstić information content (AvgIpc) is 2.67. The molecule has 1 unspecified atom stereocenters. The van der Waals surface area contributed by atoms with Gasteiger partial charge in [0.25, 0.3) is 5.56 Å². The Morgan fingerprint density at radius 2 is 2.33 bits per heavy atom. The number of hydrogen-bond acceptors (Lipinski definition) is 5. The highest BCUT2D eigenvalue weighted by molar-refractivity contribution is 6.03. The minimum absolute atomic E-state index is 0.174. The Balaban J connectivity index is 2.56. The van der Waals surface area contributed by atoms with E-state index in [4.69, 9.17) is 18.1 Å². The van der Waals surface area contributed by atoms with Crippen LogP contribution in [-0.2, 0) is 9.59 Å². The first-order valence-corrected chi connectivity index (χ1v) is 5.83. The third-order valence-electron chi connectivity index (χ3n) is 2.93. The molecule has 0 radical (unpaired) electrons. The van der Waals surface area contributed by atoms with E-state index < -0.39 is 89.8 Å². The van der Waals surface area contributed by atoms with Gasteiger partial charge >= 0.3 is 0 Å². The molecular weight excluding hydrogens is 270 g/mol. The zero-order chi connectivity index (χ0) is 23.0. The van der Waals surface area contributed by atoms with Gasteiger partial charge < -0.3 is 5.73 Å². The Bertz CT molecular complexity index is 1190. The van der Waals surface area contributed by atoms with Crippen molar-refractivity contribution in [3.8, 4) is 0 Å². The molecule has 2 aromatic rings. The summed E-state index contributed by atoms with van der Waals surface area (Å²) in [5, 5.41) is -0.633. The second kappa shape index (κ2) is 4.80. The lowest BCUT2D eigenvalue weighted by atomic mass is 9.92. The van der Waals surface area contributed by atoms with Gasteiger partial charge in [0.2, 0.25) is 0 Å². The fraction of sp³-hybridized carbons (Fsp3) is 0.333. The predicted octanol–water partition coefficient (Wildman–Crippen LogP) is 1.15. The van der Waals surface area contributed by atoms with Gasteiger partial charge in [0.05, 0.1) is 28.8 Å². The molecule has 0 amide bonds. The topological polar surface area (TPSA) is 95.0 Å². The number of aromatic nitrogens is 2. The van der Waals surface area contributed by atoms with E-state index in [0.717, 1.165) is 0 Å². The van der Waals surface area contributed by atoms with Crippen LogP contribution in [-0.4, -0.2) is 21.1 Å². The predicted molar refractivity (Wildman–Crippen MR) is 78.1 cm³/mol. The highest BCUT2D eigenvalue weighted by atomic mass is 16.2. The molecule has 1 aliphatic rings. The lowest BCUT2D eigenvalue weighted by Gasteiger charge is -2.24. The van der Waals surface area contributed by atoms with Gasteiger partial charge in [-0.3, -0.25) is 19.0 Å². The molecule has 108 valence electrons. The number of carbonyl (C=O) groups excluding carboxylic acids is 2. The highest BCUT2D eigenvalue weighted by Gasteiger charge is 2.30. The van der Waals surface area contributed by atoms with Gasteiger partial charge in [-0.25, -0.2) is 4.98 Å². The first-order chi connectivity index (χ1) is 13.7. The Labute approximate surface area is 133 Å². The summed E-state index contributed by atoms with van der Waals surface area (Å²) < 4.78 is 71.7. The van der Waals surface area contributed by atoms with Crippen LogP contribution in [0.25, 0.3) is 10.9 Å². The first-order valence-electron chi connectivity index (χ1n) is 10.5. The van der Waals surface area contributed by atoms with Crippen LogP contribution in [0.3, 0.4) is 0 Å². The van der Waals surface area contributed by atoms with Crippen molar-refractivity contribution >= 4 is 28.2 Å². The Hall–Kier alpha value is -2.50. The number of hydrogen-bond donors (Lipinski definition) is 1. The van der Waals surface area contributed by atoms with Crippen LogP contribution in [0.5, 0.6) is 0 Å². The number of nitrogens with two attached hydrogens (primary N) is 1. The summed E-state index contributed by atoms with van der Waals surface area (Å²) in [6.07, 6.45) is -8.01. The minimum Gasteiger partial charge on any atom is -0.398 e. The molecule has 0 saturated heterocycles. The van der Waals surface area contributed by atoms with E-state index >= 15 is 0 Å². The van der Waals surface area contributed by atoms with Gasteiger partial charge in [0, 0.05) is 18.9 Å². The minimum atomic E-state index is -3.53. The van der Waals surface area contributed by atoms with Crippen LogP contribution in [0.4, 0.5) is 5.69 Å². The summed E-state index contributed by atoms with van der Waals surface area (Å²) in [5.74, 6) is -3.47. The van der Waals surface area contributed by atoms with E-state index in [0.29, 0.717) is 0 Å². The maximum Gasteiger partial charge on any atom is 0.264 e. The van der Waals surface area contributed by atoms with Crippen LogP contribution in [0.15, 0.2) is 22.9 Å². The summed E-state index contributed by atoms with van der Waals surface area (Å²) in [7, 11) is 0. The molecule has 0 aliphatic heterocycles. The van der Waals surface area contributed by atoms with Gasteiger partial charge in [-0.05, 0) is 25.4 Å². The Morgan fingerprint density at radius 1 is 1.52 bits per heavy atom. The molecule has 1 fully saturated rings. The molecule has 0 spiro atoms. The van der Waals surface area contributed by atoms with Crippen molar-refractivity contribution in [3.63, 3.8) is 0 Å². The molecule has 1 heterocycles. The fourth-order valence-corrected chi connectivity index (χ4v) is 2.00.